The quantitative estimate of drug-likeness (QED) is 0.697. The van der Waals surface area contributed by atoms with E-state index in [2.05, 4.69) is 0 Å². The van der Waals surface area contributed by atoms with Crippen LogP contribution in [0, 0.1) is 0 Å². The summed E-state index contributed by atoms with van der Waals surface area (Å²) in [6.45, 7) is 0. The summed E-state index contributed by atoms with van der Waals surface area (Å²) in [4.78, 5) is 11.4. The first-order valence-corrected chi connectivity index (χ1v) is 4.54. The van der Waals surface area contributed by atoms with Gasteiger partial charge in [-0.3, -0.25) is 4.79 Å². The van der Waals surface area contributed by atoms with Crippen LogP contribution >= 0.6 is 34.8 Å². The highest BCUT2D eigenvalue weighted by Gasteiger charge is 2.54. The fraction of sp³-hybridized carbons (Fsp3) is 0.571. The summed E-state index contributed by atoms with van der Waals surface area (Å²) in [7, 11) is 2.67. The Labute approximate surface area is 90.5 Å². The van der Waals surface area contributed by atoms with Crippen molar-refractivity contribution >= 4 is 40.6 Å². The van der Waals surface area contributed by atoms with E-state index in [0.717, 1.165) is 0 Å². The van der Waals surface area contributed by atoms with Crippen molar-refractivity contribution in [2.45, 2.75) is 9.71 Å². The van der Waals surface area contributed by atoms with Gasteiger partial charge in [0, 0.05) is 0 Å². The van der Waals surface area contributed by atoms with Crippen LogP contribution in [0.25, 0.3) is 0 Å². The highest BCUT2D eigenvalue weighted by Crippen LogP contribution is 2.45. The molecule has 0 aromatic carbocycles. The van der Waals surface area contributed by atoms with Crippen molar-refractivity contribution in [1.82, 2.24) is 0 Å². The second-order valence-corrected chi connectivity index (χ2v) is 4.24. The lowest BCUT2D eigenvalue weighted by Crippen LogP contribution is -2.28. The zero-order chi connectivity index (χ0) is 10.2. The topological polar surface area (TPSA) is 35.5 Å². The van der Waals surface area contributed by atoms with E-state index in [0.29, 0.717) is 0 Å². The predicted molar refractivity (Wildman–Crippen MR) is 50.1 cm³/mol. The Bertz CT molecular complexity index is 272. The van der Waals surface area contributed by atoms with Crippen LogP contribution < -0.4 is 0 Å². The molecule has 1 aliphatic carbocycles. The van der Waals surface area contributed by atoms with Gasteiger partial charge in [0.05, 0.1) is 14.2 Å². The summed E-state index contributed by atoms with van der Waals surface area (Å²) in [5.74, 6) is -0.429. The van der Waals surface area contributed by atoms with E-state index >= 15 is 0 Å². The minimum atomic E-state index is -1.54. The molecule has 0 aromatic heterocycles. The van der Waals surface area contributed by atoms with Gasteiger partial charge in [-0.05, 0) is 0 Å². The summed E-state index contributed by atoms with van der Waals surface area (Å²) in [6, 6.07) is 0. The minimum absolute atomic E-state index is 0.0208. The van der Waals surface area contributed by atoms with Crippen LogP contribution in [0.15, 0.2) is 11.5 Å². The number of carbonyl (C=O) groups is 1. The van der Waals surface area contributed by atoms with E-state index in [1.54, 1.807) is 0 Å². The Morgan fingerprint density at radius 2 is 1.85 bits per heavy atom. The highest BCUT2D eigenvalue weighted by molar-refractivity contribution is 6.59. The number of ketones is 1. The van der Waals surface area contributed by atoms with Crippen molar-refractivity contribution in [1.29, 1.82) is 0 Å². The maximum Gasteiger partial charge on any atom is 0.222 e. The van der Waals surface area contributed by atoms with Gasteiger partial charge in [-0.15, -0.1) is 11.6 Å². The predicted octanol–water partition coefficient (Wildman–Crippen LogP) is 1.85. The zero-order valence-corrected chi connectivity index (χ0v) is 9.20. The summed E-state index contributed by atoms with van der Waals surface area (Å²) in [6.07, 6.45) is 0. The monoisotopic (exact) mass is 244 g/mol. The lowest BCUT2D eigenvalue weighted by Gasteiger charge is -2.17. The molecule has 0 spiro atoms. The van der Waals surface area contributed by atoms with E-state index in [9.17, 15) is 4.79 Å². The average molecular weight is 245 g/mol. The van der Waals surface area contributed by atoms with Crippen molar-refractivity contribution in [3.05, 3.63) is 11.5 Å². The van der Waals surface area contributed by atoms with E-state index < -0.39 is 15.5 Å². The Hall–Kier alpha value is -0.120. The third-order valence-electron chi connectivity index (χ3n) is 1.69. The van der Waals surface area contributed by atoms with Gasteiger partial charge in [-0.1, -0.05) is 23.2 Å². The van der Waals surface area contributed by atoms with E-state index in [-0.39, 0.29) is 11.5 Å². The van der Waals surface area contributed by atoms with Crippen LogP contribution in [0.4, 0.5) is 0 Å². The molecule has 1 aliphatic rings. The minimum Gasteiger partial charge on any atom is -0.494 e. The summed E-state index contributed by atoms with van der Waals surface area (Å²) in [5.41, 5.74) is 0. The first kappa shape index (κ1) is 11.0. The molecule has 0 fully saturated rings. The Morgan fingerprint density at radius 3 is 2.15 bits per heavy atom. The maximum atomic E-state index is 11.4. The number of Topliss-reactive ketones (excluding diaryl/α,β-unsaturated/α-hetero) is 1. The van der Waals surface area contributed by atoms with Gasteiger partial charge in [-0.25, -0.2) is 0 Å². The molecule has 0 amide bonds. The first-order valence-electron chi connectivity index (χ1n) is 3.35. The Kier molecular flexibility index (Phi) is 3.00. The number of alkyl halides is 3. The van der Waals surface area contributed by atoms with Crippen LogP contribution in [0.2, 0.25) is 0 Å². The molecule has 0 aliphatic heterocycles. The van der Waals surface area contributed by atoms with Crippen molar-refractivity contribution in [3.8, 4) is 0 Å². The summed E-state index contributed by atoms with van der Waals surface area (Å²) >= 11 is 17.3. The molecule has 1 atom stereocenters. The summed E-state index contributed by atoms with van der Waals surface area (Å²) < 4.78 is 8.10. The van der Waals surface area contributed by atoms with Crippen LogP contribution in [0.3, 0.4) is 0 Å². The molecule has 3 nitrogen and oxygen atoms in total. The number of hydrogen-bond acceptors (Lipinski definition) is 3. The largest absolute Gasteiger partial charge is 0.494 e. The SMILES string of the molecule is COC1=C(OC)C(Cl)(Cl)C(Cl)C1=O. The second-order valence-electron chi connectivity index (χ2n) is 2.42. The Morgan fingerprint density at radius 1 is 1.31 bits per heavy atom. The molecule has 1 rings (SSSR count). The average Bonchev–Trinajstić information content (AvgIpc) is 2.25. The standard InChI is InChI=1S/C7H7Cl3O3/c1-12-4-3(11)5(8)7(9,10)6(4)13-2/h5H,1-2H3. The molecule has 6 heteroatoms. The van der Waals surface area contributed by atoms with E-state index in [1.165, 1.54) is 14.2 Å². The normalized spacial score (nSPS) is 26.5. The summed E-state index contributed by atoms with van der Waals surface area (Å²) in [5, 5.41) is -1.07. The molecule has 0 saturated heterocycles. The lowest BCUT2D eigenvalue weighted by atomic mass is 10.3. The molecule has 0 aromatic rings. The number of methoxy groups -OCH3 is 2. The fourth-order valence-electron chi connectivity index (χ4n) is 1.08. The molecule has 1 unspecified atom stereocenters. The van der Waals surface area contributed by atoms with Crippen LogP contribution in [0.5, 0.6) is 0 Å². The molecule has 13 heavy (non-hydrogen) atoms. The third-order valence-corrected chi connectivity index (χ3v) is 3.22. The second kappa shape index (κ2) is 3.56. The van der Waals surface area contributed by atoms with Crippen molar-refractivity contribution in [2.24, 2.45) is 0 Å². The van der Waals surface area contributed by atoms with E-state index in [1.807, 2.05) is 0 Å². The third kappa shape index (κ3) is 1.49. The smallest absolute Gasteiger partial charge is 0.222 e. The molecular formula is C7H7Cl3O3. The number of rotatable bonds is 2. The van der Waals surface area contributed by atoms with Crippen molar-refractivity contribution in [2.75, 3.05) is 14.2 Å². The number of ether oxygens (including phenoxy) is 2. The van der Waals surface area contributed by atoms with Gasteiger partial charge >= 0.3 is 0 Å². The van der Waals surface area contributed by atoms with Gasteiger partial charge < -0.3 is 9.47 Å². The molecule has 0 heterocycles. The van der Waals surface area contributed by atoms with Gasteiger partial charge in [0.2, 0.25) is 15.9 Å². The van der Waals surface area contributed by atoms with Gasteiger partial charge in [0.25, 0.3) is 0 Å². The van der Waals surface area contributed by atoms with E-state index in [4.69, 9.17) is 44.3 Å². The van der Waals surface area contributed by atoms with Gasteiger partial charge in [-0.2, -0.15) is 0 Å². The molecule has 74 valence electrons. The van der Waals surface area contributed by atoms with Crippen molar-refractivity contribution < 1.29 is 14.3 Å². The number of halogens is 3. The highest BCUT2D eigenvalue weighted by atomic mass is 35.5. The van der Waals surface area contributed by atoms with Crippen LogP contribution in [-0.2, 0) is 14.3 Å². The first-order chi connectivity index (χ1) is 5.96. The molecule has 0 bridgehead atoms. The maximum absolute atomic E-state index is 11.4. The van der Waals surface area contributed by atoms with Crippen LogP contribution in [0.1, 0.15) is 0 Å². The van der Waals surface area contributed by atoms with Crippen LogP contribution in [-0.4, -0.2) is 29.7 Å². The van der Waals surface area contributed by atoms with Crippen molar-refractivity contribution in [3.63, 3.8) is 0 Å². The van der Waals surface area contributed by atoms with Gasteiger partial charge in [0.1, 0.15) is 5.38 Å². The molecule has 0 N–H and O–H groups in total. The molecular weight excluding hydrogens is 238 g/mol. The molecule has 0 saturated carbocycles. The fourth-order valence-corrected chi connectivity index (χ4v) is 1.80. The number of carbonyl (C=O) groups excluding carboxylic acids is 1. The molecule has 0 radical (unpaired) electrons. The zero-order valence-electron chi connectivity index (χ0n) is 6.94. The van der Waals surface area contributed by atoms with Gasteiger partial charge in [0.15, 0.2) is 5.76 Å². The lowest BCUT2D eigenvalue weighted by molar-refractivity contribution is -0.117. The number of hydrogen-bond donors (Lipinski definition) is 0. The Balaban J connectivity index is 3.19. The number of allylic oxidation sites excluding steroid dienone is 2.